The SMILES string of the molecule is C#CCCc1cc2c(o1)[C@H]1N(C(=O)CCCC=C)[C@H](C=C)C[C@]13CN(S(=O)(=O)c1ccccc1)CC[C@H]23. The highest BCUT2D eigenvalue weighted by atomic mass is 32.2. The highest BCUT2D eigenvalue weighted by Gasteiger charge is 2.66. The van der Waals surface area contributed by atoms with Crippen molar-refractivity contribution in [1.29, 1.82) is 0 Å². The van der Waals surface area contributed by atoms with E-state index in [1.54, 1.807) is 28.6 Å². The molecule has 5 rings (SSSR count). The number of benzene rings is 1. The Labute approximate surface area is 220 Å². The standard InChI is InChI=1S/C30H34N2O4S/c1-4-7-10-16-27(33)32-22(6-3)20-30-21-31(37(34,35)24-14-11-9-12-15-24)18-17-26(30)25-19-23(13-8-5-2)36-28(25)29(30)32/h2,4,6,9,11-12,14-15,19,22,26,29H,1,3,7-8,10,13,16-18,20-21H2/t22-,26-,29-,30-/m1/s1. The average Bonchev–Trinajstić information content (AvgIpc) is 3.53. The number of aryl methyl sites for hydroxylation is 1. The number of rotatable bonds is 9. The van der Waals surface area contributed by atoms with Gasteiger partial charge >= 0.3 is 0 Å². The number of piperidine rings is 1. The predicted octanol–water partition coefficient (Wildman–Crippen LogP) is 5.21. The van der Waals surface area contributed by atoms with Crippen molar-refractivity contribution in [3.8, 4) is 12.3 Å². The molecule has 0 saturated carbocycles. The van der Waals surface area contributed by atoms with Crippen molar-refractivity contribution in [2.75, 3.05) is 13.1 Å². The summed E-state index contributed by atoms with van der Waals surface area (Å²) in [5.74, 6) is 4.46. The summed E-state index contributed by atoms with van der Waals surface area (Å²) in [6.45, 7) is 8.59. The van der Waals surface area contributed by atoms with E-state index in [1.807, 2.05) is 23.1 Å². The van der Waals surface area contributed by atoms with Crippen molar-refractivity contribution < 1.29 is 17.6 Å². The number of carbonyl (C=O) groups excluding carboxylic acids is 1. The van der Waals surface area contributed by atoms with Gasteiger partial charge in [-0.15, -0.1) is 25.5 Å². The number of carbonyl (C=O) groups is 1. The van der Waals surface area contributed by atoms with Gasteiger partial charge in [-0.3, -0.25) is 4.79 Å². The first-order chi connectivity index (χ1) is 17.9. The number of unbranched alkanes of at least 4 members (excludes halogenated alkanes) is 1. The number of hydrogen-bond acceptors (Lipinski definition) is 4. The maximum absolute atomic E-state index is 13.7. The van der Waals surface area contributed by atoms with Crippen molar-refractivity contribution in [3.63, 3.8) is 0 Å². The number of fused-ring (bicyclic) bond motifs is 3. The van der Waals surface area contributed by atoms with Crippen LogP contribution in [0.5, 0.6) is 0 Å². The normalized spacial score (nSPS) is 26.7. The topological polar surface area (TPSA) is 70.8 Å². The molecule has 2 aliphatic heterocycles. The lowest BCUT2D eigenvalue weighted by molar-refractivity contribution is -0.135. The van der Waals surface area contributed by atoms with E-state index >= 15 is 0 Å². The average molecular weight is 519 g/mol. The Hall–Kier alpha value is -3.08. The maximum Gasteiger partial charge on any atom is 0.243 e. The van der Waals surface area contributed by atoms with Crippen LogP contribution in [0.25, 0.3) is 0 Å². The molecule has 37 heavy (non-hydrogen) atoms. The molecule has 1 spiro atoms. The molecule has 1 amide bonds. The second kappa shape index (κ2) is 10.00. The molecule has 194 valence electrons. The fourth-order valence-corrected chi connectivity index (χ4v) is 8.32. The number of nitrogens with zero attached hydrogens (tertiary/aromatic N) is 2. The summed E-state index contributed by atoms with van der Waals surface area (Å²) < 4.78 is 35.4. The first-order valence-corrected chi connectivity index (χ1v) is 14.5. The molecule has 2 aromatic rings. The van der Waals surface area contributed by atoms with Crippen LogP contribution in [-0.4, -0.2) is 42.7 Å². The van der Waals surface area contributed by atoms with Gasteiger partial charge in [0.25, 0.3) is 0 Å². The van der Waals surface area contributed by atoms with Crippen LogP contribution in [0.15, 0.2) is 71.0 Å². The number of sulfonamides is 1. The van der Waals surface area contributed by atoms with E-state index in [0.29, 0.717) is 50.1 Å². The summed E-state index contributed by atoms with van der Waals surface area (Å²) in [4.78, 5) is 15.9. The van der Waals surface area contributed by atoms with Crippen molar-refractivity contribution in [2.24, 2.45) is 5.41 Å². The van der Waals surface area contributed by atoms with Crippen molar-refractivity contribution in [3.05, 3.63) is 78.8 Å². The van der Waals surface area contributed by atoms with E-state index in [9.17, 15) is 13.2 Å². The second-order valence-corrected chi connectivity index (χ2v) is 12.3. The summed E-state index contributed by atoms with van der Waals surface area (Å²) >= 11 is 0. The molecule has 1 aromatic heterocycles. The summed E-state index contributed by atoms with van der Waals surface area (Å²) in [6, 6.07) is 10.2. The van der Waals surface area contributed by atoms with Crippen LogP contribution in [-0.2, 0) is 21.2 Å². The fourth-order valence-electron chi connectivity index (χ4n) is 6.76. The minimum atomic E-state index is -3.67. The molecule has 3 aliphatic rings. The van der Waals surface area contributed by atoms with Gasteiger partial charge in [0.15, 0.2) is 0 Å². The van der Waals surface area contributed by atoms with Gasteiger partial charge in [0, 0.05) is 37.8 Å². The van der Waals surface area contributed by atoms with Crippen molar-refractivity contribution >= 4 is 15.9 Å². The first-order valence-electron chi connectivity index (χ1n) is 13.0. The molecule has 0 bridgehead atoms. The molecule has 0 N–H and O–H groups in total. The third-order valence-corrected chi connectivity index (χ3v) is 10.2. The fraction of sp³-hybridized carbons (Fsp3) is 0.433. The minimum Gasteiger partial charge on any atom is -0.464 e. The van der Waals surface area contributed by atoms with Gasteiger partial charge in [0.1, 0.15) is 11.5 Å². The number of amides is 1. The van der Waals surface area contributed by atoms with Gasteiger partial charge in [-0.1, -0.05) is 30.4 Å². The monoisotopic (exact) mass is 518 g/mol. The molecular formula is C30H34N2O4S. The summed E-state index contributed by atoms with van der Waals surface area (Å²) in [5, 5.41) is 0. The number of likely N-dealkylation sites (tertiary alicyclic amines) is 1. The van der Waals surface area contributed by atoms with E-state index in [-0.39, 0.29) is 23.9 Å². The molecule has 6 nitrogen and oxygen atoms in total. The Morgan fingerprint density at radius 1 is 1.27 bits per heavy atom. The molecule has 7 heteroatoms. The summed E-state index contributed by atoms with van der Waals surface area (Å²) in [6.07, 6.45) is 13.6. The number of furan rings is 1. The third kappa shape index (κ3) is 4.17. The highest BCUT2D eigenvalue weighted by Crippen LogP contribution is 2.67. The highest BCUT2D eigenvalue weighted by molar-refractivity contribution is 7.89. The van der Waals surface area contributed by atoms with E-state index in [4.69, 9.17) is 10.8 Å². The predicted molar refractivity (Wildman–Crippen MR) is 143 cm³/mol. The summed E-state index contributed by atoms with van der Waals surface area (Å²) in [7, 11) is -3.67. The van der Waals surface area contributed by atoms with Gasteiger partial charge in [-0.25, -0.2) is 8.42 Å². The number of hydrogen-bond donors (Lipinski definition) is 0. The van der Waals surface area contributed by atoms with Crippen LogP contribution in [0.4, 0.5) is 0 Å². The van der Waals surface area contributed by atoms with Crippen LogP contribution in [0, 0.1) is 17.8 Å². The zero-order valence-electron chi connectivity index (χ0n) is 21.1. The van der Waals surface area contributed by atoms with Gasteiger partial charge in [-0.05, 0) is 55.4 Å². The van der Waals surface area contributed by atoms with Crippen LogP contribution < -0.4 is 0 Å². The van der Waals surface area contributed by atoms with E-state index in [1.165, 1.54) is 0 Å². The second-order valence-electron chi connectivity index (χ2n) is 10.4. The minimum absolute atomic E-state index is 0.0461. The molecule has 1 aliphatic carbocycles. The van der Waals surface area contributed by atoms with Crippen LogP contribution in [0.1, 0.15) is 67.6 Å². The molecule has 0 radical (unpaired) electrons. The van der Waals surface area contributed by atoms with E-state index in [0.717, 1.165) is 29.9 Å². The van der Waals surface area contributed by atoms with Crippen LogP contribution in [0.2, 0.25) is 0 Å². The van der Waals surface area contributed by atoms with Gasteiger partial charge in [-0.2, -0.15) is 4.31 Å². The Morgan fingerprint density at radius 2 is 2.05 bits per heavy atom. The Morgan fingerprint density at radius 3 is 2.76 bits per heavy atom. The van der Waals surface area contributed by atoms with Crippen LogP contribution in [0.3, 0.4) is 0 Å². The molecule has 2 saturated heterocycles. The molecular weight excluding hydrogens is 484 g/mol. The third-order valence-electron chi connectivity index (χ3n) is 8.32. The van der Waals surface area contributed by atoms with E-state index < -0.39 is 15.4 Å². The Bertz CT molecular complexity index is 1340. The smallest absolute Gasteiger partial charge is 0.243 e. The van der Waals surface area contributed by atoms with Gasteiger partial charge in [0.05, 0.1) is 17.0 Å². The van der Waals surface area contributed by atoms with E-state index in [2.05, 4.69) is 25.1 Å². The lowest BCUT2D eigenvalue weighted by atomic mass is 9.69. The Balaban J connectivity index is 1.56. The number of terminal acetylenes is 1. The molecule has 1 aromatic carbocycles. The van der Waals surface area contributed by atoms with Gasteiger partial charge < -0.3 is 9.32 Å². The molecule has 0 unspecified atom stereocenters. The van der Waals surface area contributed by atoms with Crippen molar-refractivity contribution in [1.82, 2.24) is 9.21 Å². The quantitative estimate of drug-likeness (QED) is 0.260. The first kappa shape index (κ1) is 25.6. The van der Waals surface area contributed by atoms with Gasteiger partial charge in [0.2, 0.25) is 15.9 Å². The lowest BCUT2D eigenvalue weighted by Gasteiger charge is -2.44. The Kier molecular flexibility index (Phi) is 6.91. The number of allylic oxidation sites excluding steroid dienone is 1. The van der Waals surface area contributed by atoms with Crippen molar-refractivity contribution in [2.45, 2.75) is 67.8 Å². The molecule has 4 atom stereocenters. The molecule has 3 heterocycles. The lowest BCUT2D eigenvalue weighted by Crippen LogP contribution is -2.50. The molecule has 2 fully saturated rings. The summed E-state index contributed by atoms with van der Waals surface area (Å²) in [5.41, 5.74) is 0.645. The largest absolute Gasteiger partial charge is 0.464 e. The zero-order chi connectivity index (χ0) is 26.2. The maximum atomic E-state index is 13.7. The van der Waals surface area contributed by atoms with Crippen LogP contribution >= 0.6 is 0 Å². The zero-order valence-corrected chi connectivity index (χ0v) is 22.0.